The average Bonchev–Trinajstić information content (AvgIpc) is 2.68. The molecule has 0 bridgehead atoms. The number of carbonyl (C=O) groups is 1. The van der Waals surface area contributed by atoms with Gasteiger partial charge in [-0.3, -0.25) is 4.79 Å². The van der Waals surface area contributed by atoms with Crippen molar-refractivity contribution in [3.8, 4) is 0 Å². The number of hydrogen-bond donors (Lipinski definition) is 2. The van der Waals surface area contributed by atoms with Crippen LogP contribution in [-0.2, 0) is 11.2 Å². The molecule has 17 heavy (non-hydrogen) atoms. The zero-order chi connectivity index (χ0) is 12.3. The van der Waals surface area contributed by atoms with Crippen LogP contribution in [-0.4, -0.2) is 24.5 Å². The molecule has 1 saturated heterocycles. The molecule has 1 amide bonds. The molecule has 3 nitrogen and oxygen atoms in total. The average molecular weight is 253 g/mol. The van der Waals surface area contributed by atoms with Crippen LogP contribution >= 0.6 is 11.6 Å². The van der Waals surface area contributed by atoms with Gasteiger partial charge in [-0.15, -0.1) is 0 Å². The van der Waals surface area contributed by atoms with Gasteiger partial charge in [0, 0.05) is 11.6 Å². The molecule has 1 fully saturated rings. The molecular formula is C13H17ClN2O. The van der Waals surface area contributed by atoms with E-state index < -0.39 is 0 Å². The summed E-state index contributed by atoms with van der Waals surface area (Å²) in [6, 6.07) is 7.39. The zero-order valence-electron chi connectivity index (χ0n) is 9.92. The Bertz CT molecular complexity index is 396. The topological polar surface area (TPSA) is 41.1 Å². The molecule has 92 valence electrons. The van der Waals surface area contributed by atoms with Crippen LogP contribution in [0.25, 0.3) is 0 Å². The summed E-state index contributed by atoms with van der Waals surface area (Å²) in [5.41, 5.74) is 0.894. The number of halogens is 1. The van der Waals surface area contributed by atoms with Crippen LogP contribution in [0.5, 0.6) is 0 Å². The van der Waals surface area contributed by atoms with Gasteiger partial charge in [0.1, 0.15) is 0 Å². The van der Waals surface area contributed by atoms with Crippen LogP contribution < -0.4 is 10.6 Å². The van der Waals surface area contributed by atoms with Crippen LogP contribution in [0, 0.1) is 0 Å². The Morgan fingerprint density at radius 1 is 1.47 bits per heavy atom. The molecule has 0 radical (unpaired) electrons. The molecule has 1 aliphatic rings. The summed E-state index contributed by atoms with van der Waals surface area (Å²) in [5, 5.41) is 7.04. The number of hydrogen-bond acceptors (Lipinski definition) is 2. The summed E-state index contributed by atoms with van der Waals surface area (Å²) < 4.78 is 0. The Kier molecular flexibility index (Phi) is 3.69. The van der Waals surface area contributed by atoms with Crippen molar-refractivity contribution in [2.75, 3.05) is 13.1 Å². The van der Waals surface area contributed by atoms with Crippen LogP contribution in [0.15, 0.2) is 24.3 Å². The number of nitrogens with one attached hydrogen (secondary N) is 2. The predicted molar refractivity (Wildman–Crippen MR) is 69.2 cm³/mol. The summed E-state index contributed by atoms with van der Waals surface area (Å²) in [6.45, 7) is 3.89. The largest absolute Gasteiger partial charge is 0.349 e. The fourth-order valence-electron chi connectivity index (χ4n) is 2.09. The highest BCUT2D eigenvalue weighted by Crippen LogP contribution is 2.14. The highest BCUT2D eigenvalue weighted by molar-refractivity contribution is 6.30. The van der Waals surface area contributed by atoms with E-state index in [2.05, 4.69) is 17.6 Å². The molecule has 0 saturated carbocycles. The van der Waals surface area contributed by atoms with Gasteiger partial charge >= 0.3 is 0 Å². The number of carbonyl (C=O) groups excluding carboxylic acids is 1. The lowest BCUT2D eigenvalue weighted by Crippen LogP contribution is -2.48. The Morgan fingerprint density at radius 3 is 2.76 bits per heavy atom. The second-order valence-corrected chi connectivity index (χ2v) is 5.28. The molecule has 1 unspecified atom stereocenters. The van der Waals surface area contributed by atoms with E-state index >= 15 is 0 Å². The first-order valence-corrected chi connectivity index (χ1v) is 6.21. The van der Waals surface area contributed by atoms with E-state index in [4.69, 9.17) is 11.6 Å². The van der Waals surface area contributed by atoms with Gasteiger partial charge in [0.2, 0.25) is 5.91 Å². The van der Waals surface area contributed by atoms with Crippen LogP contribution in [0.4, 0.5) is 0 Å². The summed E-state index contributed by atoms with van der Waals surface area (Å²) in [4.78, 5) is 11.9. The number of amides is 1. The van der Waals surface area contributed by atoms with Gasteiger partial charge in [0.25, 0.3) is 0 Å². The fourth-order valence-corrected chi connectivity index (χ4v) is 2.22. The molecule has 4 heteroatoms. The van der Waals surface area contributed by atoms with Gasteiger partial charge in [-0.1, -0.05) is 23.7 Å². The van der Waals surface area contributed by atoms with Gasteiger partial charge < -0.3 is 10.6 Å². The molecule has 1 atom stereocenters. The van der Waals surface area contributed by atoms with Crippen molar-refractivity contribution in [1.82, 2.24) is 10.6 Å². The Labute approximate surface area is 107 Å². The molecule has 0 aliphatic carbocycles. The summed E-state index contributed by atoms with van der Waals surface area (Å²) in [7, 11) is 0. The second-order valence-electron chi connectivity index (χ2n) is 4.84. The van der Waals surface area contributed by atoms with Crippen molar-refractivity contribution in [3.63, 3.8) is 0 Å². The van der Waals surface area contributed by atoms with Crippen molar-refractivity contribution in [2.24, 2.45) is 0 Å². The third kappa shape index (κ3) is 3.45. The second kappa shape index (κ2) is 5.07. The lowest BCUT2D eigenvalue weighted by Gasteiger charge is -2.24. The van der Waals surface area contributed by atoms with Gasteiger partial charge in [-0.25, -0.2) is 0 Å². The molecule has 1 aromatic rings. The SMILES string of the molecule is CC1(NC(=O)Cc2ccc(Cl)cc2)CCNC1. The lowest BCUT2D eigenvalue weighted by atomic mass is 10.0. The quantitative estimate of drug-likeness (QED) is 0.861. The first kappa shape index (κ1) is 12.4. The van der Waals surface area contributed by atoms with E-state index in [0.29, 0.717) is 11.4 Å². The zero-order valence-corrected chi connectivity index (χ0v) is 10.7. The predicted octanol–water partition coefficient (Wildman–Crippen LogP) is 1.75. The highest BCUT2D eigenvalue weighted by Gasteiger charge is 2.29. The van der Waals surface area contributed by atoms with E-state index in [1.54, 1.807) is 0 Å². The monoisotopic (exact) mass is 252 g/mol. The first-order chi connectivity index (χ1) is 8.07. The fraction of sp³-hybridized carbons (Fsp3) is 0.462. The molecule has 0 aromatic heterocycles. The molecule has 1 aliphatic heterocycles. The minimum atomic E-state index is -0.0937. The molecule has 2 rings (SSSR count). The van der Waals surface area contributed by atoms with Crippen LogP contribution in [0.2, 0.25) is 5.02 Å². The van der Waals surface area contributed by atoms with Gasteiger partial charge in [0.05, 0.1) is 12.0 Å². The maximum Gasteiger partial charge on any atom is 0.224 e. The van der Waals surface area contributed by atoms with Crippen molar-refractivity contribution < 1.29 is 4.79 Å². The van der Waals surface area contributed by atoms with Crippen molar-refractivity contribution >= 4 is 17.5 Å². The minimum Gasteiger partial charge on any atom is -0.349 e. The summed E-state index contributed by atoms with van der Waals surface area (Å²) in [5.74, 6) is 0.0681. The third-order valence-electron chi connectivity index (χ3n) is 3.09. The lowest BCUT2D eigenvalue weighted by molar-refractivity contribution is -0.122. The minimum absolute atomic E-state index is 0.0681. The van der Waals surface area contributed by atoms with Crippen molar-refractivity contribution in [1.29, 1.82) is 0 Å². The van der Waals surface area contributed by atoms with Gasteiger partial charge in [0.15, 0.2) is 0 Å². The van der Waals surface area contributed by atoms with E-state index in [0.717, 1.165) is 25.1 Å². The maximum atomic E-state index is 11.9. The normalized spacial score (nSPS) is 23.6. The van der Waals surface area contributed by atoms with Crippen molar-refractivity contribution in [3.05, 3.63) is 34.9 Å². The first-order valence-electron chi connectivity index (χ1n) is 5.84. The Balaban J connectivity index is 1.91. The Hall–Kier alpha value is -1.06. The maximum absolute atomic E-state index is 11.9. The van der Waals surface area contributed by atoms with Gasteiger partial charge in [-0.05, 0) is 37.6 Å². The van der Waals surface area contributed by atoms with Crippen molar-refractivity contribution in [2.45, 2.75) is 25.3 Å². The molecule has 0 spiro atoms. The van der Waals surface area contributed by atoms with Crippen LogP contribution in [0.3, 0.4) is 0 Å². The molecule has 1 heterocycles. The Morgan fingerprint density at radius 2 is 2.18 bits per heavy atom. The molecular weight excluding hydrogens is 236 g/mol. The highest BCUT2D eigenvalue weighted by atomic mass is 35.5. The van der Waals surface area contributed by atoms with Crippen LogP contribution in [0.1, 0.15) is 18.9 Å². The van der Waals surface area contributed by atoms with E-state index in [9.17, 15) is 4.79 Å². The molecule has 1 aromatic carbocycles. The number of benzene rings is 1. The van der Waals surface area contributed by atoms with E-state index in [1.165, 1.54) is 0 Å². The third-order valence-corrected chi connectivity index (χ3v) is 3.34. The van der Waals surface area contributed by atoms with E-state index in [1.807, 2.05) is 24.3 Å². The van der Waals surface area contributed by atoms with E-state index in [-0.39, 0.29) is 11.4 Å². The standard InChI is InChI=1S/C13H17ClN2O/c1-13(6-7-15-9-13)16-12(17)8-10-2-4-11(14)5-3-10/h2-5,15H,6-9H2,1H3,(H,16,17). The molecule has 2 N–H and O–H groups in total. The van der Waals surface area contributed by atoms with Gasteiger partial charge in [-0.2, -0.15) is 0 Å². The summed E-state index contributed by atoms with van der Waals surface area (Å²) in [6.07, 6.45) is 1.39. The smallest absolute Gasteiger partial charge is 0.224 e. The summed E-state index contributed by atoms with van der Waals surface area (Å²) >= 11 is 5.80. The number of rotatable bonds is 3.